The van der Waals surface area contributed by atoms with Crippen LogP contribution in [0.3, 0.4) is 0 Å². The first-order valence-corrected chi connectivity index (χ1v) is 12.2. The van der Waals surface area contributed by atoms with Gasteiger partial charge in [0, 0.05) is 5.56 Å². The Balaban J connectivity index is 1.91. The third kappa shape index (κ3) is 4.77. The van der Waals surface area contributed by atoms with Crippen molar-refractivity contribution < 1.29 is 24.2 Å². The van der Waals surface area contributed by atoms with E-state index in [-0.39, 0.29) is 16.5 Å². The van der Waals surface area contributed by atoms with Crippen LogP contribution in [0.4, 0.5) is 5.13 Å². The van der Waals surface area contributed by atoms with Crippen molar-refractivity contribution in [3.63, 3.8) is 0 Å². The fraction of sp³-hybridized carbons (Fsp3) is 0.308. The summed E-state index contributed by atoms with van der Waals surface area (Å²) in [5.74, 6) is -0.747. The van der Waals surface area contributed by atoms with E-state index in [0.717, 1.165) is 12.0 Å². The molecule has 1 atom stereocenters. The zero-order chi connectivity index (χ0) is 25.1. The van der Waals surface area contributed by atoms with E-state index in [4.69, 9.17) is 9.47 Å². The summed E-state index contributed by atoms with van der Waals surface area (Å²) < 4.78 is 11.6. The molecule has 0 spiro atoms. The maximum absolute atomic E-state index is 13.3. The van der Waals surface area contributed by atoms with Crippen molar-refractivity contribution in [1.82, 2.24) is 10.2 Å². The Morgan fingerprint density at radius 1 is 1.03 bits per heavy atom. The molecule has 4 rings (SSSR count). The zero-order valence-electron chi connectivity index (χ0n) is 20.1. The van der Waals surface area contributed by atoms with Gasteiger partial charge in [0.2, 0.25) is 5.13 Å². The van der Waals surface area contributed by atoms with E-state index < -0.39 is 17.7 Å². The van der Waals surface area contributed by atoms with E-state index in [1.807, 2.05) is 32.9 Å². The maximum Gasteiger partial charge on any atom is 0.301 e. The van der Waals surface area contributed by atoms with Gasteiger partial charge < -0.3 is 14.6 Å². The van der Waals surface area contributed by atoms with Crippen molar-refractivity contribution in [1.29, 1.82) is 0 Å². The summed E-state index contributed by atoms with van der Waals surface area (Å²) in [4.78, 5) is 27.8. The van der Waals surface area contributed by atoms with Crippen LogP contribution in [0.25, 0.3) is 5.76 Å². The van der Waals surface area contributed by atoms with Crippen LogP contribution in [0.1, 0.15) is 48.0 Å². The molecule has 2 aromatic carbocycles. The summed E-state index contributed by atoms with van der Waals surface area (Å²) in [6.45, 7) is 8.51. The minimum Gasteiger partial charge on any atom is -0.507 e. The van der Waals surface area contributed by atoms with Crippen molar-refractivity contribution in [2.45, 2.75) is 40.2 Å². The van der Waals surface area contributed by atoms with E-state index in [1.54, 1.807) is 37.3 Å². The van der Waals surface area contributed by atoms with Crippen LogP contribution < -0.4 is 14.4 Å². The van der Waals surface area contributed by atoms with Crippen LogP contribution in [0.15, 0.2) is 48.0 Å². The Morgan fingerprint density at radius 3 is 2.40 bits per heavy atom. The lowest BCUT2D eigenvalue weighted by Crippen LogP contribution is -2.29. The Morgan fingerprint density at radius 2 is 1.77 bits per heavy atom. The number of anilines is 1. The number of rotatable bonds is 8. The number of nitrogens with zero attached hydrogens (tertiary/aromatic N) is 3. The molecule has 2 heterocycles. The Hall–Kier alpha value is -3.72. The Kier molecular flexibility index (Phi) is 7.16. The van der Waals surface area contributed by atoms with Crippen molar-refractivity contribution in [3.8, 4) is 11.5 Å². The fourth-order valence-corrected chi connectivity index (χ4v) is 4.60. The highest BCUT2D eigenvalue weighted by Crippen LogP contribution is 2.44. The molecular weight excluding hydrogens is 466 g/mol. The van der Waals surface area contributed by atoms with Crippen LogP contribution in [0.5, 0.6) is 11.5 Å². The van der Waals surface area contributed by atoms with Gasteiger partial charge in [0.05, 0.1) is 24.8 Å². The highest BCUT2D eigenvalue weighted by Gasteiger charge is 2.48. The molecule has 1 saturated heterocycles. The normalized spacial score (nSPS) is 17.1. The van der Waals surface area contributed by atoms with Gasteiger partial charge in [0.25, 0.3) is 5.78 Å². The van der Waals surface area contributed by atoms with E-state index in [0.29, 0.717) is 40.8 Å². The monoisotopic (exact) mass is 493 g/mol. The van der Waals surface area contributed by atoms with Crippen LogP contribution >= 0.6 is 11.3 Å². The van der Waals surface area contributed by atoms with E-state index in [2.05, 4.69) is 10.2 Å². The van der Waals surface area contributed by atoms with Crippen LogP contribution in [-0.4, -0.2) is 40.2 Å². The molecule has 3 aromatic rings. The summed E-state index contributed by atoms with van der Waals surface area (Å²) in [6.07, 6.45) is 0.834. The van der Waals surface area contributed by atoms with Gasteiger partial charge in [-0.1, -0.05) is 54.2 Å². The van der Waals surface area contributed by atoms with E-state index in [1.165, 1.54) is 16.2 Å². The second kappa shape index (κ2) is 10.3. The molecule has 1 fully saturated rings. The first kappa shape index (κ1) is 24.4. The van der Waals surface area contributed by atoms with Gasteiger partial charge in [-0.2, -0.15) is 0 Å². The predicted octanol–water partition coefficient (Wildman–Crippen LogP) is 4.97. The summed E-state index contributed by atoms with van der Waals surface area (Å²) in [5, 5.41) is 20.3. The number of hydrogen-bond acceptors (Lipinski definition) is 8. The number of carbonyl (C=O) groups is 2. The fourth-order valence-electron chi connectivity index (χ4n) is 3.89. The number of benzene rings is 2. The van der Waals surface area contributed by atoms with Crippen LogP contribution in [0, 0.1) is 13.8 Å². The molecule has 1 amide bonds. The van der Waals surface area contributed by atoms with Crippen molar-refractivity contribution in [2.75, 3.05) is 18.1 Å². The Labute approximate surface area is 207 Å². The second-order valence-electron chi connectivity index (χ2n) is 8.13. The third-order valence-electron chi connectivity index (χ3n) is 5.54. The number of Topliss-reactive ketones (excluding diaryl/α,β-unsaturated/α-hetero) is 1. The Bertz CT molecular complexity index is 1280. The van der Waals surface area contributed by atoms with E-state index in [9.17, 15) is 14.7 Å². The number of ketones is 1. The van der Waals surface area contributed by atoms with Gasteiger partial charge in [-0.05, 0) is 44.9 Å². The van der Waals surface area contributed by atoms with Gasteiger partial charge in [-0.3, -0.25) is 14.5 Å². The smallest absolute Gasteiger partial charge is 0.301 e. The standard InChI is InChI=1S/C26H27N3O5S/c1-5-13-34-19-12-11-18(14-20(19)33-6-2)22-21(23(30)17-9-7-15(3)8-10-17)24(31)25(32)29(22)26-28-27-16(4)35-26/h7-12,14,22,30H,5-6,13H2,1-4H3. The van der Waals surface area contributed by atoms with Crippen molar-refractivity contribution in [2.24, 2.45) is 0 Å². The molecule has 1 unspecified atom stereocenters. The van der Waals surface area contributed by atoms with Gasteiger partial charge in [-0.15, -0.1) is 10.2 Å². The number of aromatic nitrogens is 2. The van der Waals surface area contributed by atoms with Crippen molar-refractivity contribution in [3.05, 3.63) is 69.7 Å². The molecule has 8 nitrogen and oxygen atoms in total. The first-order chi connectivity index (χ1) is 16.8. The molecule has 1 N–H and O–H groups in total. The van der Waals surface area contributed by atoms with E-state index >= 15 is 0 Å². The predicted molar refractivity (Wildman–Crippen MR) is 134 cm³/mol. The summed E-state index contributed by atoms with van der Waals surface area (Å²) in [6, 6.07) is 11.5. The summed E-state index contributed by atoms with van der Waals surface area (Å²) in [5.41, 5.74) is 2.02. The number of hydrogen-bond donors (Lipinski definition) is 1. The third-order valence-corrected chi connectivity index (χ3v) is 6.37. The number of aryl methyl sites for hydroxylation is 2. The SMILES string of the molecule is CCCOc1ccc(C2C(=C(O)c3ccc(C)cc3)C(=O)C(=O)N2c2nnc(C)s2)cc1OCC. The average molecular weight is 494 g/mol. The molecule has 0 aliphatic carbocycles. The maximum atomic E-state index is 13.3. The molecule has 1 aromatic heterocycles. The highest BCUT2D eigenvalue weighted by molar-refractivity contribution is 7.15. The van der Waals surface area contributed by atoms with Crippen LogP contribution in [-0.2, 0) is 9.59 Å². The number of ether oxygens (including phenoxy) is 2. The molecule has 1 aliphatic rings. The lowest BCUT2D eigenvalue weighted by molar-refractivity contribution is -0.132. The quantitative estimate of drug-likeness (QED) is 0.269. The number of carbonyl (C=O) groups excluding carboxylic acids is 2. The molecule has 0 radical (unpaired) electrons. The first-order valence-electron chi connectivity index (χ1n) is 11.4. The minimum atomic E-state index is -0.914. The average Bonchev–Trinajstić information content (AvgIpc) is 3.39. The van der Waals surface area contributed by atoms with Gasteiger partial charge in [-0.25, -0.2) is 0 Å². The second-order valence-corrected chi connectivity index (χ2v) is 9.29. The molecular formula is C26H27N3O5S. The van der Waals surface area contributed by atoms with Crippen molar-refractivity contribution >= 4 is 33.9 Å². The number of aliphatic hydroxyl groups is 1. The summed E-state index contributed by atoms with van der Waals surface area (Å²) >= 11 is 1.20. The molecule has 9 heteroatoms. The van der Waals surface area contributed by atoms with Gasteiger partial charge in [0.1, 0.15) is 10.8 Å². The molecule has 1 aliphatic heterocycles. The lowest BCUT2D eigenvalue weighted by atomic mass is 9.95. The van der Waals surface area contributed by atoms with Crippen LogP contribution in [0.2, 0.25) is 0 Å². The largest absolute Gasteiger partial charge is 0.507 e. The lowest BCUT2D eigenvalue weighted by Gasteiger charge is -2.23. The molecule has 0 bridgehead atoms. The summed E-state index contributed by atoms with van der Waals surface area (Å²) in [7, 11) is 0. The zero-order valence-corrected chi connectivity index (χ0v) is 20.9. The topological polar surface area (TPSA) is 102 Å². The molecule has 35 heavy (non-hydrogen) atoms. The minimum absolute atomic E-state index is 0.0172. The number of aliphatic hydroxyl groups excluding tert-OH is 1. The molecule has 0 saturated carbocycles. The number of amides is 1. The van der Waals surface area contributed by atoms with Gasteiger partial charge in [0.15, 0.2) is 11.5 Å². The highest BCUT2D eigenvalue weighted by atomic mass is 32.1. The molecule has 182 valence electrons. The van der Waals surface area contributed by atoms with Gasteiger partial charge >= 0.3 is 5.91 Å².